The van der Waals surface area contributed by atoms with Crippen LogP contribution in [0, 0.1) is 20.8 Å². The molecule has 43 heavy (non-hydrogen) atoms. The number of benzene rings is 3. The Morgan fingerprint density at radius 1 is 0.465 bits per heavy atom. The van der Waals surface area contributed by atoms with Crippen LogP contribution in [-0.2, 0) is 30.1 Å². The van der Waals surface area contributed by atoms with Gasteiger partial charge >= 0.3 is 0 Å². The van der Waals surface area contributed by atoms with E-state index in [2.05, 4.69) is 0 Å². The van der Waals surface area contributed by atoms with E-state index in [1.54, 1.807) is 60.7 Å². The zero-order valence-electron chi connectivity index (χ0n) is 24.8. The highest BCUT2D eigenvalue weighted by molar-refractivity contribution is 7.90. The van der Waals surface area contributed by atoms with Crippen LogP contribution in [0.4, 0.5) is 0 Å². The summed E-state index contributed by atoms with van der Waals surface area (Å²) in [6.07, 6.45) is 2.43. The molecule has 0 bridgehead atoms. The van der Waals surface area contributed by atoms with Gasteiger partial charge in [-0.05, 0) is 70.0 Å². The van der Waals surface area contributed by atoms with Crippen molar-refractivity contribution in [1.29, 1.82) is 0 Å². The summed E-state index contributed by atoms with van der Waals surface area (Å²) >= 11 is 0. The highest BCUT2D eigenvalue weighted by Crippen LogP contribution is 2.35. The molecule has 0 unspecified atom stereocenters. The normalized spacial score (nSPS) is 21.8. The van der Waals surface area contributed by atoms with Crippen molar-refractivity contribution in [3.63, 3.8) is 0 Å². The Bertz CT molecular complexity index is 1660. The molecule has 2 fully saturated rings. The van der Waals surface area contributed by atoms with Crippen molar-refractivity contribution < 1.29 is 25.3 Å². The summed E-state index contributed by atoms with van der Waals surface area (Å²) in [6, 6.07) is 18.3. The smallest absolute Gasteiger partial charge is 0.207 e. The number of nitrogens with zero attached hydrogens (tertiary/aromatic N) is 3. The summed E-state index contributed by atoms with van der Waals surface area (Å²) in [5.74, 6) is 0. The van der Waals surface area contributed by atoms with Gasteiger partial charge in [0.15, 0.2) is 0 Å². The van der Waals surface area contributed by atoms with E-state index in [9.17, 15) is 25.3 Å². The maximum atomic E-state index is 14.2. The van der Waals surface area contributed by atoms with Crippen LogP contribution < -0.4 is 0 Å². The second kappa shape index (κ2) is 12.4. The molecule has 9 nitrogen and oxygen atoms in total. The van der Waals surface area contributed by atoms with E-state index in [0.717, 1.165) is 29.5 Å². The average Bonchev–Trinajstić information content (AvgIpc) is 3.06. The van der Waals surface area contributed by atoms with E-state index >= 15 is 0 Å². The maximum absolute atomic E-state index is 14.2. The van der Waals surface area contributed by atoms with Crippen LogP contribution in [0.3, 0.4) is 0 Å². The fourth-order valence-corrected chi connectivity index (χ4v) is 10.8. The Morgan fingerprint density at radius 2 is 0.767 bits per heavy atom. The number of hydrogen-bond acceptors (Lipinski definition) is 6. The van der Waals surface area contributed by atoms with E-state index in [1.165, 1.54) is 25.0 Å². The fraction of sp³-hybridized carbons (Fsp3) is 0.419. The van der Waals surface area contributed by atoms with Crippen LogP contribution in [0.2, 0.25) is 0 Å². The second-order valence-corrected chi connectivity index (χ2v) is 17.2. The van der Waals surface area contributed by atoms with E-state index in [0.29, 0.717) is 12.8 Å². The van der Waals surface area contributed by atoms with Crippen LogP contribution in [0.1, 0.15) is 42.4 Å². The highest BCUT2D eigenvalue weighted by atomic mass is 32.2. The summed E-state index contributed by atoms with van der Waals surface area (Å²) in [7, 11) is -12.2. The van der Waals surface area contributed by atoms with E-state index in [4.69, 9.17) is 0 Å². The molecule has 2 aliphatic rings. The lowest BCUT2D eigenvalue weighted by Gasteiger charge is -2.43. The van der Waals surface area contributed by atoms with Crippen LogP contribution in [0.25, 0.3) is 0 Å². The van der Waals surface area contributed by atoms with Gasteiger partial charge in [0.2, 0.25) is 30.1 Å². The maximum Gasteiger partial charge on any atom is 0.243 e. The first-order chi connectivity index (χ1) is 20.3. The van der Waals surface area contributed by atoms with Gasteiger partial charge in [-0.1, -0.05) is 65.9 Å². The Hall–Kier alpha value is -2.61. The van der Waals surface area contributed by atoms with Crippen molar-refractivity contribution in [2.24, 2.45) is 0 Å². The van der Waals surface area contributed by atoms with Gasteiger partial charge in [-0.25, -0.2) is 25.3 Å². The predicted octanol–water partition coefficient (Wildman–Crippen LogP) is 4.31. The minimum Gasteiger partial charge on any atom is -0.207 e. The molecule has 1 saturated carbocycles. The lowest BCUT2D eigenvalue weighted by molar-refractivity contribution is 0.152. The standard InChI is InChI=1S/C31H39N3O6S3/c1-24-8-14-27(15-9-24)41(35,36)32-20-22-33(42(37,38)28-16-10-25(2)11-17-28)30-6-4-5-7-31(30)34(23-21-32)43(39,40)29-18-12-26(3)13-19-29/h8-19,30-31H,4-7,20-23H2,1-3H3/t30-,31-/m1/s1. The van der Waals surface area contributed by atoms with Gasteiger partial charge in [-0.2, -0.15) is 12.9 Å². The second-order valence-electron chi connectivity index (χ2n) is 11.5. The van der Waals surface area contributed by atoms with E-state index < -0.39 is 42.2 Å². The molecule has 0 aromatic heterocycles. The predicted molar refractivity (Wildman–Crippen MR) is 166 cm³/mol. The van der Waals surface area contributed by atoms with Gasteiger partial charge in [0.05, 0.1) is 14.7 Å². The monoisotopic (exact) mass is 645 g/mol. The SMILES string of the molecule is Cc1ccc(S(=O)(=O)N2CCN(S(=O)(=O)c3ccc(C)cc3)[C@@H]3CCCC[C@H]3N(S(=O)(=O)c3ccc(C)cc3)CC2)cc1. The van der Waals surface area contributed by atoms with Gasteiger partial charge in [-0.15, -0.1) is 0 Å². The van der Waals surface area contributed by atoms with Crippen molar-refractivity contribution in [1.82, 2.24) is 12.9 Å². The summed E-state index contributed by atoms with van der Waals surface area (Å²) in [5, 5.41) is 0. The molecule has 1 heterocycles. The molecule has 1 saturated heterocycles. The first kappa shape index (κ1) is 31.8. The minimum atomic E-state index is -4.09. The van der Waals surface area contributed by atoms with Crippen LogP contribution in [0.5, 0.6) is 0 Å². The molecule has 3 aromatic carbocycles. The largest absolute Gasteiger partial charge is 0.243 e. The van der Waals surface area contributed by atoms with Crippen molar-refractivity contribution in [3.05, 3.63) is 89.5 Å². The molecule has 0 spiro atoms. The molecular formula is C31H39N3O6S3. The van der Waals surface area contributed by atoms with Gasteiger partial charge in [-0.3, -0.25) is 0 Å². The number of hydrogen-bond donors (Lipinski definition) is 0. The fourth-order valence-electron chi connectivity index (χ4n) is 6.01. The van der Waals surface area contributed by atoms with Crippen LogP contribution in [0.15, 0.2) is 87.5 Å². The lowest BCUT2D eigenvalue weighted by Crippen LogP contribution is -2.56. The molecule has 2 atom stereocenters. The lowest BCUT2D eigenvalue weighted by atomic mass is 9.90. The summed E-state index contributed by atoms with van der Waals surface area (Å²) in [4.78, 5) is 0.278. The number of aryl methyl sites for hydroxylation is 3. The molecule has 0 N–H and O–H groups in total. The topological polar surface area (TPSA) is 112 Å². The molecule has 1 aliphatic carbocycles. The number of fused-ring (bicyclic) bond motifs is 1. The summed E-state index contributed by atoms with van der Waals surface area (Å²) < 4.78 is 88.8. The molecule has 0 amide bonds. The zero-order valence-corrected chi connectivity index (χ0v) is 27.2. The Labute approximate surface area is 256 Å². The number of rotatable bonds is 6. The van der Waals surface area contributed by atoms with Gasteiger partial charge < -0.3 is 0 Å². The van der Waals surface area contributed by atoms with Gasteiger partial charge in [0, 0.05) is 38.3 Å². The van der Waals surface area contributed by atoms with Gasteiger partial charge in [0.1, 0.15) is 0 Å². The zero-order chi connectivity index (χ0) is 31.0. The van der Waals surface area contributed by atoms with E-state index in [-0.39, 0.29) is 40.9 Å². The first-order valence-corrected chi connectivity index (χ1v) is 18.9. The minimum absolute atomic E-state index is 0.0793. The van der Waals surface area contributed by atoms with E-state index in [1.807, 2.05) is 20.8 Å². The third-order valence-electron chi connectivity index (χ3n) is 8.49. The van der Waals surface area contributed by atoms with Crippen molar-refractivity contribution in [2.45, 2.75) is 73.2 Å². The van der Waals surface area contributed by atoms with Crippen LogP contribution in [-0.4, -0.2) is 76.4 Å². The average molecular weight is 646 g/mol. The third-order valence-corrected chi connectivity index (χ3v) is 14.3. The molecular weight excluding hydrogens is 607 g/mol. The molecule has 12 heteroatoms. The molecule has 0 radical (unpaired) electrons. The Morgan fingerprint density at radius 3 is 1.09 bits per heavy atom. The highest BCUT2D eigenvalue weighted by Gasteiger charge is 2.45. The number of sulfonamides is 3. The quantitative estimate of drug-likeness (QED) is 0.395. The summed E-state index contributed by atoms with van der Waals surface area (Å²) in [6.45, 7) is 5.19. The first-order valence-electron chi connectivity index (χ1n) is 14.6. The van der Waals surface area contributed by atoms with Crippen molar-refractivity contribution >= 4 is 30.1 Å². The summed E-state index contributed by atoms with van der Waals surface area (Å²) in [5.41, 5.74) is 2.72. The van der Waals surface area contributed by atoms with Crippen molar-refractivity contribution in [2.75, 3.05) is 26.2 Å². The molecule has 232 valence electrons. The third kappa shape index (κ3) is 6.45. The Balaban J connectivity index is 1.64. The van der Waals surface area contributed by atoms with Gasteiger partial charge in [0.25, 0.3) is 0 Å². The van der Waals surface area contributed by atoms with Crippen LogP contribution >= 0.6 is 0 Å². The molecule has 3 aromatic rings. The Kier molecular flexibility index (Phi) is 9.18. The molecule has 5 rings (SSSR count). The van der Waals surface area contributed by atoms with Crippen molar-refractivity contribution in [3.8, 4) is 0 Å². The molecule has 1 aliphatic heterocycles.